The first-order chi connectivity index (χ1) is 6.53. The maximum atomic E-state index is 9.60. The summed E-state index contributed by atoms with van der Waals surface area (Å²) in [6.07, 6.45) is -0.739. The highest BCUT2D eigenvalue weighted by atomic mass is 16.7. The summed E-state index contributed by atoms with van der Waals surface area (Å²) in [4.78, 5) is 0. The summed E-state index contributed by atoms with van der Waals surface area (Å²) in [5.41, 5.74) is 0. The molecule has 0 aromatic heterocycles. The number of rotatable bonds is 3. The molecule has 1 fully saturated rings. The Morgan fingerprint density at radius 3 is 2.64 bits per heavy atom. The van der Waals surface area contributed by atoms with Crippen molar-refractivity contribution in [3.8, 4) is 0 Å². The van der Waals surface area contributed by atoms with E-state index in [1.165, 1.54) is 0 Å². The van der Waals surface area contributed by atoms with Crippen molar-refractivity contribution in [2.75, 3.05) is 6.61 Å². The summed E-state index contributed by atoms with van der Waals surface area (Å²) in [7, 11) is 0. The van der Waals surface area contributed by atoms with Crippen molar-refractivity contribution in [2.24, 2.45) is 0 Å². The first-order valence-corrected chi connectivity index (χ1v) is 4.51. The lowest BCUT2D eigenvalue weighted by molar-refractivity contribution is -0.332. The van der Waals surface area contributed by atoms with Crippen LogP contribution < -0.4 is 0 Å². The van der Waals surface area contributed by atoms with Crippen LogP contribution in [-0.4, -0.2) is 51.1 Å². The normalized spacial score (nSPS) is 43.6. The van der Waals surface area contributed by atoms with Gasteiger partial charge in [0.1, 0.15) is 6.10 Å². The second-order valence-electron chi connectivity index (χ2n) is 3.52. The summed E-state index contributed by atoms with van der Waals surface area (Å²) < 4.78 is 5.07. The van der Waals surface area contributed by atoms with Crippen LogP contribution in [0.3, 0.4) is 0 Å². The minimum Gasteiger partial charge on any atom is -0.391 e. The SMILES string of the molecule is C=CC[C@H]1C[C@@H](O)[C@H](O)[C@@](O)(CO)O1. The zero-order valence-corrected chi connectivity index (χ0v) is 7.83. The minimum absolute atomic E-state index is 0.218. The summed E-state index contributed by atoms with van der Waals surface area (Å²) in [6.45, 7) is 2.75. The largest absolute Gasteiger partial charge is 0.391 e. The van der Waals surface area contributed by atoms with E-state index in [4.69, 9.17) is 9.84 Å². The van der Waals surface area contributed by atoms with Crippen molar-refractivity contribution in [3.63, 3.8) is 0 Å². The molecule has 1 rings (SSSR count). The summed E-state index contributed by atoms with van der Waals surface area (Å²) >= 11 is 0. The molecule has 0 aromatic rings. The van der Waals surface area contributed by atoms with Crippen LogP contribution in [0.25, 0.3) is 0 Å². The maximum absolute atomic E-state index is 9.60. The molecular formula is C9H16O5. The monoisotopic (exact) mass is 204 g/mol. The van der Waals surface area contributed by atoms with Gasteiger partial charge in [-0.15, -0.1) is 6.58 Å². The standard InChI is InChI=1S/C9H16O5/c1-2-3-6-4-7(11)8(12)9(13,5-10)14-6/h2,6-8,10-13H,1,3-5H2/t6-,7+,8-,9+/m0/s1. The van der Waals surface area contributed by atoms with Gasteiger partial charge in [0, 0.05) is 6.42 Å². The molecule has 5 heteroatoms. The first-order valence-electron chi connectivity index (χ1n) is 4.51. The molecule has 0 aliphatic carbocycles. The zero-order chi connectivity index (χ0) is 10.8. The van der Waals surface area contributed by atoms with E-state index in [0.29, 0.717) is 6.42 Å². The van der Waals surface area contributed by atoms with E-state index < -0.39 is 30.7 Å². The van der Waals surface area contributed by atoms with Crippen LogP contribution in [0.1, 0.15) is 12.8 Å². The summed E-state index contributed by atoms with van der Waals surface area (Å²) in [5.74, 6) is -2.06. The van der Waals surface area contributed by atoms with Crippen molar-refractivity contribution in [3.05, 3.63) is 12.7 Å². The smallest absolute Gasteiger partial charge is 0.218 e. The van der Waals surface area contributed by atoms with Gasteiger partial charge in [-0.25, -0.2) is 0 Å². The Morgan fingerprint density at radius 2 is 2.14 bits per heavy atom. The number of ether oxygens (including phenoxy) is 1. The lowest BCUT2D eigenvalue weighted by Crippen LogP contribution is -2.59. The molecule has 0 spiro atoms. The molecule has 0 bridgehead atoms. The fourth-order valence-electron chi connectivity index (χ4n) is 1.57. The number of aliphatic hydroxyl groups is 4. The summed E-state index contributed by atoms with van der Waals surface area (Å²) in [6, 6.07) is 0. The van der Waals surface area contributed by atoms with Crippen molar-refractivity contribution in [2.45, 2.75) is 36.9 Å². The van der Waals surface area contributed by atoms with Crippen LogP contribution in [0.5, 0.6) is 0 Å². The van der Waals surface area contributed by atoms with Crippen molar-refractivity contribution < 1.29 is 25.2 Å². The van der Waals surface area contributed by atoms with Gasteiger partial charge in [-0.05, 0) is 6.42 Å². The van der Waals surface area contributed by atoms with Gasteiger partial charge < -0.3 is 25.2 Å². The third-order valence-electron chi connectivity index (χ3n) is 2.36. The van der Waals surface area contributed by atoms with Crippen LogP contribution in [0, 0.1) is 0 Å². The highest BCUT2D eigenvalue weighted by molar-refractivity contribution is 4.92. The van der Waals surface area contributed by atoms with Gasteiger partial charge >= 0.3 is 0 Å². The lowest BCUT2D eigenvalue weighted by Gasteiger charge is -2.42. The fourth-order valence-corrected chi connectivity index (χ4v) is 1.57. The molecule has 1 aliphatic heterocycles. The van der Waals surface area contributed by atoms with E-state index >= 15 is 0 Å². The van der Waals surface area contributed by atoms with E-state index in [1.54, 1.807) is 6.08 Å². The Labute approximate surface area is 82.3 Å². The number of hydrogen-bond donors (Lipinski definition) is 4. The Balaban J connectivity index is 2.71. The molecular weight excluding hydrogens is 188 g/mol. The third-order valence-corrected chi connectivity index (χ3v) is 2.36. The molecule has 0 unspecified atom stereocenters. The van der Waals surface area contributed by atoms with Crippen molar-refractivity contribution >= 4 is 0 Å². The lowest BCUT2D eigenvalue weighted by atomic mass is 9.94. The molecule has 0 saturated carbocycles. The molecule has 1 aliphatic rings. The van der Waals surface area contributed by atoms with Crippen LogP contribution in [0.2, 0.25) is 0 Å². The van der Waals surface area contributed by atoms with Crippen LogP contribution in [0.4, 0.5) is 0 Å². The summed E-state index contributed by atoms with van der Waals surface area (Å²) in [5, 5.41) is 37.2. The fraction of sp³-hybridized carbons (Fsp3) is 0.778. The molecule has 0 radical (unpaired) electrons. The van der Waals surface area contributed by atoms with Gasteiger partial charge in [0.25, 0.3) is 0 Å². The van der Waals surface area contributed by atoms with E-state index in [1.807, 2.05) is 0 Å². The van der Waals surface area contributed by atoms with Gasteiger partial charge in [-0.1, -0.05) is 6.08 Å². The molecule has 5 nitrogen and oxygen atoms in total. The van der Waals surface area contributed by atoms with E-state index in [9.17, 15) is 15.3 Å². The highest BCUT2D eigenvalue weighted by Gasteiger charge is 2.47. The second-order valence-corrected chi connectivity index (χ2v) is 3.52. The molecule has 82 valence electrons. The van der Waals surface area contributed by atoms with Gasteiger partial charge in [-0.2, -0.15) is 0 Å². The van der Waals surface area contributed by atoms with Gasteiger partial charge in [-0.3, -0.25) is 0 Å². The topological polar surface area (TPSA) is 90.2 Å². The average molecular weight is 204 g/mol. The zero-order valence-electron chi connectivity index (χ0n) is 7.83. The molecule has 1 heterocycles. The Hall–Kier alpha value is -0.460. The molecule has 0 aromatic carbocycles. The second kappa shape index (κ2) is 4.37. The Kier molecular flexibility index (Phi) is 3.63. The highest BCUT2D eigenvalue weighted by Crippen LogP contribution is 2.28. The Bertz CT molecular complexity index is 207. The minimum atomic E-state index is -2.06. The molecule has 4 atom stereocenters. The van der Waals surface area contributed by atoms with E-state index in [0.717, 1.165) is 0 Å². The molecule has 1 saturated heterocycles. The van der Waals surface area contributed by atoms with Crippen LogP contribution >= 0.6 is 0 Å². The maximum Gasteiger partial charge on any atom is 0.218 e. The van der Waals surface area contributed by atoms with Crippen LogP contribution in [-0.2, 0) is 4.74 Å². The quantitative estimate of drug-likeness (QED) is 0.431. The third kappa shape index (κ3) is 2.13. The first kappa shape index (κ1) is 11.6. The predicted octanol–water partition coefficient (Wildman–Crippen LogP) is -1.25. The molecule has 0 amide bonds. The number of aliphatic hydroxyl groups excluding tert-OH is 3. The van der Waals surface area contributed by atoms with Crippen LogP contribution in [0.15, 0.2) is 12.7 Å². The molecule has 4 N–H and O–H groups in total. The van der Waals surface area contributed by atoms with E-state index in [2.05, 4.69) is 6.58 Å². The van der Waals surface area contributed by atoms with Gasteiger partial charge in [0.05, 0.1) is 18.8 Å². The van der Waals surface area contributed by atoms with E-state index in [-0.39, 0.29) is 6.42 Å². The Morgan fingerprint density at radius 1 is 1.50 bits per heavy atom. The average Bonchev–Trinajstić information content (AvgIpc) is 2.15. The van der Waals surface area contributed by atoms with Gasteiger partial charge in [0.2, 0.25) is 5.79 Å². The van der Waals surface area contributed by atoms with Crippen molar-refractivity contribution in [1.82, 2.24) is 0 Å². The predicted molar refractivity (Wildman–Crippen MR) is 48.4 cm³/mol. The van der Waals surface area contributed by atoms with Gasteiger partial charge in [0.15, 0.2) is 0 Å². The number of hydrogen-bond acceptors (Lipinski definition) is 5. The van der Waals surface area contributed by atoms with Crippen molar-refractivity contribution in [1.29, 1.82) is 0 Å². The molecule has 14 heavy (non-hydrogen) atoms.